The lowest BCUT2D eigenvalue weighted by Gasteiger charge is -2.20. The fourth-order valence-corrected chi connectivity index (χ4v) is 2.69. The second-order valence-corrected chi connectivity index (χ2v) is 5.30. The van der Waals surface area contributed by atoms with Crippen LogP contribution in [0.25, 0.3) is 5.65 Å². The van der Waals surface area contributed by atoms with Gasteiger partial charge < -0.3 is 14.7 Å². The van der Waals surface area contributed by atoms with Crippen LogP contribution in [0.5, 0.6) is 0 Å². The molecule has 0 saturated carbocycles. The smallest absolute Gasteiger partial charge is 0.326 e. The molecule has 8 nitrogen and oxygen atoms in total. The molecule has 2 unspecified atom stereocenters. The zero-order valence-electron chi connectivity index (χ0n) is 12.3. The van der Waals surface area contributed by atoms with Crippen LogP contribution in [0.1, 0.15) is 22.5 Å². The van der Waals surface area contributed by atoms with Crippen LogP contribution in [-0.4, -0.2) is 62.3 Å². The van der Waals surface area contributed by atoms with Crippen molar-refractivity contribution in [1.29, 1.82) is 0 Å². The largest absolute Gasteiger partial charge is 0.480 e. The summed E-state index contributed by atoms with van der Waals surface area (Å²) in [6.07, 6.45) is 3.14. The highest BCUT2D eigenvalue weighted by molar-refractivity contribution is 6.01. The van der Waals surface area contributed by atoms with Gasteiger partial charge in [0.1, 0.15) is 11.6 Å². The molecule has 1 saturated heterocycles. The van der Waals surface area contributed by atoms with Gasteiger partial charge in [-0.05, 0) is 13.0 Å². The number of aryl methyl sites for hydroxylation is 1. The second-order valence-electron chi connectivity index (χ2n) is 5.30. The standard InChI is InChI=1S/C14H16N4O4/c1-8-3-4-18-12(16-8)10(6-15-18)13(19)17-7-9(22-2)5-11(17)14(20)21/h3-4,6,9,11H,5,7H2,1-2H3,(H,20,21). The van der Waals surface area contributed by atoms with E-state index in [0.29, 0.717) is 11.2 Å². The molecule has 0 radical (unpaired) electrons. The van der Waals surface area contributed by atoms with Gasteiger partial charge in [0.15, 0.2) is 5.65 Å². The predicted octanol–water partition coefficient (Wildman–Crippen LogP) is 0.352. The van der Waals surface area contributed by atoms with E-state index in [2.05, 4.69) is 10.1 Å². The first-order valence-corrected chi connectivity index (χ1v) is 6.89. The maximum absolute atomic E-state index is 12.7. The average molecular weight is 304 g/mol. The summed E-state index contributed by atoms with van der Waals surface area (Å²) in [5.41, 5.74) is 1.48. The van der Waals surface area contributed by atoms with Gasteiger partial charge in [-0.15, -0.1) is 0 Å². The Labute approximate surface area is 126 Å². The van der Waals surface area contributed by atoms with E-state index in [1.807, 2.05) is 6.92 Å². The molecule has 0 bridgehead atoms. The number of aromatic nitrogens is 3. The lowest BCUT2D eigenvalue weighted by molar-refractivity contribution is -0.141. The number of fused-ring (bicyclic) bond motifs is 1. The van der Waals surface area contributed by atoms with Crippen molar-refractivity contribution < 1.29 is 19.4 Å². The molecule has 0 aromatic carbocycles. The van der Waals surface area contributed by atoms with Crippen LogP contribution >= 0.6 is 0 Å². The number of carbonyl (C=O) groups is 2. The van der Waals surface area contributed by atoms with Crippen LogP contribution in [0.4, 0.5) is 0 Å². The minimum atomic E-state index is -1.03. The number of hydrogen-bond acceptors (Lipinski definition) is 5. The Morgan fingerprint density at radius 2 is 2.23 bits per heavy atom. The first-order chi connectivity index (χ1) is 10.5. The van der Waals surface area contributed by atoms with E-state index in [9.17, 15) is 14.7 Å². The van der Waals surface area contributed by atoms with Crippen LogP contribution < -0.4 is 0 Å². The lowest BCUT2D eigenvalue weighted by Crippen LogP contribution is -2.40. The summed E-state index contributed by atoms with van der Waals surface area (Å²) in [4.78, 5) is 29.7. The minimum absolute atomic E-state index is 0.245. The molecule has 1 amide bonds. The van der Waals surface area contributed by atoms with E-state index in [0.717, 1.165) is 5.69 Å². The van der Waals surface area contributed by atoms with Gasteiger partial charge in [0.25, 0.3) is 5.91 Å². The summed E-state index contributed by atoms with van der Waals surface area (Å²) in [6.45, 7) is 2.06. The van der Waals surface area contributed by atoms with Gasteiger partial charge in [0.05, 0.1) is 12.3 Å². The van der Waals surface area contributed by atoms with Crippen LogP contribution in [0.3, 0.4) is 0 Å². The first-order valence-electron chi connectivity index (χ1n) is 6.89. The zero-order chi connectivity index (χ0) is 15.9. The molecule has 2 aromatic heterocycles. The molecule has 116 valence electrons. The maximum atomic E-state index is 12.7. The average Bonchev–Trinajstić information content (AvgIpc) is 3.10. The van der Waals surface area contributed by atoms with Crippen molar-refractivity contribution in [3.05, 3.63) is 29.7 Å². The van der Waals surface area contributed by atoms with E-state index >= 15 is 0 Å². The van der Waals surface area contributed by atoms with Gasteiger partial charge in [0, 0.05) is 32.0 Å². The monoisotopic (exact) mass is 304 g/mol. The molecule has 3 heterocycles. The topological polar surface area (TPSA) is 97.0 Å². The van der Waals surface area contributed by atoms with E-state index in [-0.39, 0.29) is 25.0 Å². The van der Waals surface area contributed by atoms with Crippen molar-refractivity contribution >= 4 is 17.5 Å². The number of likely N-dealkylation sites (tertiary alicyclic amines) is 1. The number of methoxy groups -OCH3 is 1. The van der Waals surface area contributed by atoms with Crippen molar-refractivity contribution in [1.82, 2.24) is 19.5 Å². The Kier molecular flexibility index (Phi) is 3.53. The number of amides is 1. The minimum Gasteiger partial charge on any atom is -0.480 e. The molecule has 2 atom stereocenters. The molecule has 1 fully saturated rings. The molecule has 0 aliphatic carbocycles. The third kappa shape index (κ3) is 2.31. The highest BCUT2D eigenvalue weighted by atomic mass is 16.5. The van der Waals surface area contributed by atoms with E-state index in [1.54, 1.807) is 12.3 Å². The normalized spacial score (nSPS) is 21.5. The Morgan fingerprint density at radius 3 is 2.91 bits per heavy atom. The summed E-state index contributed by atoms with van der Waals surface area (Å²) < 4.78 is 6.70. The van der Waals surface area contributed by atoms with Crippen molar-refractivity contribution in [2.24, 2.45) is 0 Å². The predicted molar refractivity (Wildman–Crippen MR) is 75.6 cm³/mol. The number of ether oxygens (including phenoxy) is 1. The van der Waals surface area contributed by atoms with Crippen LogP contribution in [0.15, 0.2) is 18.5 Å². The number of carbonyl (C=O) groups excluding carboxylic acids is 1. The lowest BCUT2D eigenvalue weighted by atomic mass is 10.2. The molecular formula is C14H16N4O4. The summed E-state index contributed by atoms with van der Waals surface area (Å²) >= 11 is 0. The highest BCUT2D eigenvalue weighted by Gasteiger charge is 2.40. The van der Waals surface area contributed by atoms with Crippen molar-refractivity contribution in [3.8, 4) is 0 Å². The van der Waals surface area contributed by atoms with E-state index < -0.39 is 12.0 Å². The van der Waals surface area contributed by atoms with E-state index in [4.69, 9.17) is 4.74 Å². The van der Waals surface area contributed by atoms with E-state index in [1.165, 1.54) is 22.7 Å². The van der Waals surface area contributed by atoms with Crippen LogP contribution in [0, 0.1) is 6.92 Å². The molecule has 3 rings (SSSR count). The molecule has 1 aliphatic rings. The van der Waals surface area contributed by atoms with Crippen molar-refractivity contribution in [2.75, 3.05) is 13.7 Å². The van der Waals surface area contributed by atoms with Gasteiger partial charge in [0.2, 0.25) is 0 Å². The summed E-state index contributed by atoms with van der Waals surface area (Å²) in [5, 5.41) is 13.4. The Balaban J connectivity index is 1.98. The maximum Gasteiger partial charge on any atom is 0.326 e. The number of aliphatic carboxylic acids is 1. The quantitative estimate of drug-likeness (QED) is 0.879. The van der Waals surface area contributed by atoms with Gasteiger partial charge in [-0.25, -0.2) is 14.3 Å². The zero-order valence-corrected chi connectivity index (χ0v) is 12.3. The fourth-order valence-electron chi connectivity index (χ4n) is 2.69. The highest BCUT2D eigenvalue weighted by Crippen LogP contribution is 2.23. The fraction of sp³-hybridized carbons (Fsp3) is 0.429. The summed E-state index contributed by atoms with van der Waals surface area (Å²) in [5.74, 6) is -1.42. The first kappa shape index (κ1) is 14.5. The van der Waals surface area contributed by atoms with Gasteiger partial charge in [-0.1, -0.05) is 0 Å². The number of carboxylic acids is 1. The molecule has 8 heteroatoms. The van der Waals surface area contributed by atoms with Gasteiger partial charge in [-0.3, -0.25) is 4.79 Å². The molecular weight excluding hydrogens is 288 g/mol. The van der Waals surface area contributed by atoms with Gasteiger partial charge in [-0.2, -0.15) is 5.10 Å². The summed E-state index contributed by atoms with van der Waals surface area (Å²) in [7, 11) is 1.51. The SMILES string of the molecule is COC1CC(C(=O)O)N(C(=O)c2cnn3ccc(C)nc23)C1. The number of carboxylic acid groups (broad SMARTS) is 1. The molecule has 1 N–H and O–H groups in total. The Morgan fingerprint density at radius 1 is 1.45 bits per heavy atom. The molecule has 2 aromatic rings. The Hall–Kier alpha value is -2.48. The molecule has 1 aliphatic heterocycles. The van der Waals surface area contributed by atoms with Crippen molar-refractivity contribution in [2.45, 2.75) is 25.5 Å². The summed E-state index contributed by atoms with van der Waals surface area (Å²) in [6, 6.07) is 0.891. The van der Waals surface area contributed by atoms with Crippen LogP contribution in [-0.2, 0) is 9.53 Å². The molecule has 0 spiro atoms. The number of nitrogens with zero attached hydrogens (tertiary/aromatic N) is 4. The Bertz CT molecular complexity index is 742. The number of hydrogen-bond donors (Lipinski definition) is 1. The van der Waals surface area contributed by atoms with Gasteiger partial charge >= 0.3 is 5.97 Å². The van der Waals surface area contributed by atoms with Crippen LogP contribution in [0.2, 0.25) is 0 Å². The third-order valence-electron chi connectivity index (χ3n) is 3.88. The number of rotatable bonds is 3. The second kappa shape index (κ2) is 5.38. The third-order valence-corrected chi connectivity index (χ3v) is 3.88. The van der Waals surface area contributed by atoms with Crippen molar-refractivity contribution in [3.63, 3.8) is 0 Å². The molecule has 22 heavy (non-hydrogen) atoms.